The number of rotatable bonds is 3. The molecule has 2 aromatic rings. The van der Waals surface area contributed by atoms with Crippen LogP contribution in [0.1, 0.15) is 49.4 Å². The smallest absolute Gasteiger partial charge is 0.298 e. The number of aromatic nitrogens is 1. The van der Waals surface area contributed by atoms with E-state index < -0.39 is 5.91 Å². The van der Waals surface area contributed by atoms with E-state index in [2.05, 4.69) is 33.7 Å². The third kappa shape index (κ3) is 3.30. The molecule has 156 valence electrons. The van der Waals surface area contributed by atoms with Crippen molar-refractivity contribution in [3.05, 3.63) is 23.8 Å². The average molecular weight is 398 g/mol. The third-order valence-electron chi connectivity index (χ3n) is 7.41. The summed E-state index contributed by atoms with van der Waals surface area (Å²) in [6.45, 7) is 5.18. The zero-order chi connectivity index (χ0) is 20.1. The SMILES string of the molecule is C[C@@H]1CN(C2CC3CCCC(C2)N3C)CCN1c1nc2c(C(N)=O)cccc2o1. The first kappa shape index (κ1) is 18.9. The molecular formula is C22H31N5O2. The number of nitrogens with zero attached hydrogens (tertiary/aromatic N) is 4. The van der Waals surface area contributed by atoms with Gasteiger partial charge in [-0.25, -0.2) is 0 Å². The molecule has 1 amide bonds. The Hall–Kier alpha value is -2.12. The molecule has 7 heteroatoms. The van der Waals surface area contributed by atoms with Crippen LogP contribution in [0.3, 0.4) is 0 Å². The highest BCUT2D eigenvalue weighted by molar-refractivity contribution is 6.03. The lowest BCUT2D eigenvalue weighted by atomic mass is 9.81. The number of amides is 1. The van der Waals surface area contributed by atoms with Crippen molar-refractivity contribution in [2.24, 2.45) is 5.73 Å². The quantitative estimate of drug-likeness (QED) is 0.857. The van der Waals surface area contributed by atoms with Gasteiger partial charge >= 0.3 is 0 Å². The van der Waals surface area contributed by atoms with Crippen molar-refractivity contribution in [3.63, 3.8) is 0 Å². The van der Waals surface area contributed by atoms with Gasteiger partial charge in [-0.05, 0) is 51.8 Å². The van der Waals surface area contributed by atoms with Gasteiger partial charge < -0.3 is 20.0 Å². The second kappa shape index (κ2) is 7.29. The predicted octanol–water partition coefficient (Wildman–Crippen LogP) is 2.45. The molecular weight excluding hydrogens is 366 g/mol. The van der Waals surface area contributed by atoms with E-state index in [0.29, 0.717) is 34.8 Å². The Morgan fingerprint density at radius 3 is 2.62 bits per heavy atom. The first-order valence-electron chi connectivity index (χ1n) is 10.9. The first-order valence-corrected chi connectivity index (χ1v) is 10.9. The number of anilines is 1. The number of hydrogen-bond donors (Lipinski definition) is 1. The Labute approximate surface area is 171 Å². The monoisotopic (exact) mass is 397 g/mol. The van der Waals surface area contributed by atoms with Gasteiger partial charge in [-0.3, -0.25) is 9.69 Å². The van der Waals surface area contributed by atoms with Crippen LogP contribution in [-0.4, -0.2) is 71.5 Å². The van der Waals surface area contributed by atoms with Crippen LogP contribution in [0.15, 0.2) is 22.6 Å². The maximum Gasteiger partial charge on any atom is 0.298 e. The van der Waals surface area contributed by atoms with E-state index >= 15 is 0 Å². The molecule has 2 N–H and O–H groups in total. The molecule has 5 rings (SSSR count). The van der Waals surface area contributed by atoms with Crippen LogP contribution >= 0.6 is 0 Å². The van der Waals surface area contributed by atoms with Crippen molar-refractivity contribution in [3.8, 4) is 0 Å². The maximum atomic E-state index is 11.7. The molecule has 1 aromatic carbocycles. The molecule has 3 fully saturated rings. The number of benzene rings is 1. The second-order valence-corrected chi connectivity index (χ2v) is 9.08. The molecule has 1 aromatic heterocycles. The number of hydrogen-bond acceptors (Lipinski definition) is 6. The summed E-state index contributed by atoms with van der Waals surface area (Å²) >= 11 is 0. The highest BCUT2D eigenvalue weighted by Gasteiger charge is 2.40. The number of carbonyl (C=O) groups is 1. The van der Waals surface area contributed by atoms with Gasteiger partial charge in [0, 0.05) is 43.8 Å². The van der Waals surface area contributed by atoms with E-state index in [4.69, 9.17) is 10.2 Å². The Bertz CT molecular complexity index is 898. The average Bonchev–Trinajstić information content (AvgIpc) is 3.11. The topological polar surface area (TPSA) is 78.8 Å². The summed E-state index contributed by atoms with van der Waals surface area (Å²) in [6.07, 6.45) is 6.69. The van der Waals surface area contributed by atoms with Crippen molar-refractivity contribution in [2.75, 3.05) is 31.6 Å². The summed E-state index contributed by atoms with van der Waals surface area (Å²) in [4.78, 5) is 23.9. The molecule has 0 spiro atoms. The minimum absolute atomic E-state index is 0.313. The fraction of sp³-hybridized carbons (Fsp3) is 0.636. The Morgan fingerprint density at radius 2 is 1.93 bits per heavy atom. The fourth-order valence-electron chi connectivity index (χ4n) is 5.75. The van der Waals surface area contributed by atoms with E-state index in [1.807, 2.05) is 6.07 Å². The molecule has 4 heterocycles. The lowest BCUT2D eigenvalue weighted by Crippen LogP contribution is -2.60. The molecule has 7 nitrogen and oxygen atoms in total. The van der Waals surface area contributed by atoms with Gasteiger partial charge in [-0.15, -0.1) is 0 Å². The van der Waals surface area contributed by atoms with Crippen molar-refractivity contribution >= 4 is 23.0 Å². The summed E-state index contributed by atoms with van der Waals surface area (Å²) in [6, 6.07) is 8.45. The largest absolute Gasteiger partial charge is 0.423 e. The predicted molar refractivity (Wildman–Crippen MR) is 113 cm³/mol. The fourth-order valence-corrected chi connectivity index (χ4v) is 5.75. The van der Waals surface area contributed by atoms with Gasteiger partial charge in [0.25, 0.3) is 11.9 Å². The zero-order valence-electron chi connectivity index (χ0n) is 17.4. The normalized spacial score (nSPS) is 31.3. The number of para-hydroxylation sites is 1. The molecule has 29 heavy (non-hydrogen) atoms. The summed E-state index contributed by atoms with van der Waals surface area (Å²) in [5.74, 6) is -0.471. The van der Waals surface area contributed by atoms with Crippen molar-refractivity contribution < 1.29 is 9.21 Å². The van der Waals surface area contributed by atoms with Gasteiger partial charge in [0.05, 0.1) is 5.56 Å². The molecule has 3 aliphatic heterocycles. The van der Waals surface area contributed by atoms with Crippen LogP contribution in [0.25, 0.3) is 11.1 Å². The lowest BCUT2D eigenvalue weighted by Gasteiger charge is -2.51. The third-order valence-corrected chi connectivity index (χ3v) is 7.41. The van der Waals surface area contributed by atoms with Crippen molar-refractivity contribution in [2.45, 2.75) is 63.2 Å². The molecule has 3 aliphatic rings. The standard InChI is InChI=1S/C22H31N5O2/c1-14-13-26(17-11-15-5-3-6-16(12-17)25(15)2)9-10-27(14)22-24-20-18(21(23)28)7-4-8-19(20)29-22/h4,7-8,14-17H,3,5-6,9-13H2,1-2H3,(H2,23,28)/t14-,15?,16?,17?/m1/s1. The Morgan fingerprint density at radius 1 is 1.17 bits per heavy atom. The molecule has 3 saturated heterocycles. The minimum Gasteiger partial charge on any atom is -0.423 e. The number of piperidine rings is 2. The van der Waals surface area contributed by atoms with Gasteiger partial charge in [0.2, 0.25) is 0 Å². The van der Waals surface area contributed by atoms with Crippen LogP contribution in [0.5, 0.6) is 0 Å². The highest BCUT2D eigenvalue weighted by atomic mass is 16.4. The van der Waals surface area contributed by atoms with Crippen LogP contribution in [0, 0.1) is 0 Å². The Kier molecular flexibility index (Phi) is 4.75. The molecule has 0 aliphatic carbocycles. The lowest BCUT2D eigenvalue weighted by molar-refractivity contribution is 0.00375. The second-order valence-electron chi connectivity index (χ2n) is 9.08. The van der Waals surface area contributed by atoms with Gasteiger partial charge in [-0.2, -0.15) is 4.98 Å². The summed E-state index contributed by atoms with van der Waals surface area (Å²) < 4.78 is 6.01. The molecule has 0 saturated carbocycles. The van der Waals surface area contributed by atoms with Crippen molar-refractivity contribution in [1.29, 1.82) is 0 Å². The molecule has 3 atom stereocenters. The maximum absolute atomic E-state index is 11.7. The van der Waals surface area contributed by atoms with E-state index in [1.165, 1.54) is 32.1 Å². The molecule has 0 radical (unpaired) electrons. The summed E-state index contributed by atoms with van der Waals surface area (Å²) in [7, 11) is 2.32. The number of oxazole rings is 1. The number of fused-ring (bicyclic) bond motifs is 3. The molecule has 2 bridgehead atoms. The van der Waals surface area contributed by atoms with Crippen LogP contribution in [0.2, 0.25) is 0 Å². The molecule has 2 unspecified atom stereocenters. The van der Waals surface area contributed by atoms with Crippen molar-refractivity contribution in [1.82, 2.24) is 14.8 Å². The van der Waals surface area contributed by atoms with Gasteiger partial charge in [0.15, 0.2) is 5.58 Å². The Balaban J connectivity index is 1.31. The zero-order valence-corrected chi connectivity index (χ0v) is 17.4. The number of carbonyl (C=O) groups excluding carboxylic acids is 1. The van der Waals surface area contributed by atoms with Gasteiger partial charge in [0.1, 0.15) is 5.52 Å². The van der Waals surface area contributed by atoms with Gasteiger partial charge in [-0.1, -0.05) is 12.5 Å². The number of nitrogens with two attached hydrogens (primary N) is 1. The first-order chi connectivity index (χ1) is 14.0. The number of piperazine rings is 1. The van der Waals surface area contributed by atoms with E-state index in [-0.39, 0.29) is 0 Å². The minimum atomic E-state index is -0.471. The summed E-state index contributed by atoms with van der Waals surface area (Å²) in [5, 5.41) is 0. The van der Waals surface area contributed by atoms with Crippen LogP contribution < -0.4 is 10.6 Å². The van der Waals surface area contributed by atoms with E-state index in [0.717, 1.165) is 31.7 Å². The van der Waals surface area contributed by atoms with E-state index in [9.17, 15) is 4.79 Å². The number of primary amides is 1. The summed E-state index contributed by atoms with van der Waals surface area (Å²) in [5.41, 5.74) is 7.10. The van der Waals surface area contributed by atoms with Crippen LogP contribution in [0.4, 0.5) is 6.01 Å². The van der Waals surface area contributed by atoms with E-state index in [1.54, 1.807) is 12.1 Å². The highest BCUT2D eigenvalue weighted by Crippen LogP contribution is 2.36. The van der Waals surface area contributed by atoms with Crippen LogP contribution in [-0.2, 0) is 0 Å².